The van der Waals surface area contributed by atoms with E-state index in [2.05, 4.69) is 36.7 Å². The van der Waals surface area contributed by atoms with Gasteiger partial charge in [0.2, 0.25) is 5.13 Å². The number of nitrogens with zero attached hydrogens (tertiary/aromatic N) is 6. The van der Waals surface area contributed by atoms with Crippen molar-refractivity contribution in [2.75, 3.05) is 0 Å². The monoisotopic (exact) mass is 269 g/mol. The SMILES string of the molecule is N#CC(C=Nc1nc2ccccc2s1)c1nn[nH]n1. The topological polar surface area (TPSA) is 103 Å². The Hall–Kier alpha value is -2.66. The van der Waals surface area contributed by atoms with Crippen LogP contribution in [0.1, 0.15) is 11.7 Å². The molecule has 1 N–H and O–H groups in total. The van der Waals surface area contributed by atoms with Crippen LogP contribution < -0.4 is 0 Å². The van der Waals surface area contributed by atoms with E-state index in [9.17, 15) is 0 Å². The van der Waals surface area contributed by atoms with Crippen molar-refractivity contribution in [2.24, 2.45) is 4.99 Å². The van der Waals surface area contributed by atoms with Gasteiger partial charge in [0.1, 0.15) is 5.92 Å². The Morgan fingerprint density at radius 2 is 2.32 bits per heavy atom. The number of aliphatic imine (C=N–C) groups is 1. The third kappa shape index (κ3) is 2.31. The third-order valence-corrected chi connectivity index (χ3v) is 3.34. The summed E-state index contributed by atoms with van der Waals surface area (Å²) in [6.45, 7) is 0. The minimum atomic E-state index is -0.634. The molecule has 1 unspecified atom stereocenters. The van der Waals surface area contributed by atoms with Gasteiger partial charge in [-0.3, -0.25) is 0 Å². The first-order chi connectivity index (χ1) is 9.36. The van der Waals surface area contributed by atoms with E-state index < -0.39 is 5.92 Å². The molecule has 7 nitrogen and oxygen atoms in total. The molecular weight excluding hydrogens is 262 g/mol. The van der Waals surface area contributed by atoms with E-state index in [4.69, 9.17) is 5.26 Å². The average molecular weight is 269 g/mol. The Bertz CT molecular complexity index is 720. The van der Waals surface area contributed by atoms with E-state index in [1.165, 1.54) is 17.6 Å². The maximum atomic E-state index is 9.04. The number of aromatic amines is 1. The molecule has 3 aromatic rings. The molecule has 1 atom stereocenters. The highest BCUT2D eigenvalue weighted by molar-refractivity contribution is 7.22. The van der Waals surface area contributed by atoms with Gasteiger partial charge in [-0.1, -0.05) is 28.7 Å². The Kier molecular flexibility index (Phi) is 2.96. The molecule has 92 valence electrons. The summed E-state index contributed by atoms with van der Waals surface area (Å²) in [5.41, 5.74) is 0.896. The lowest BCUT2D eigenvalue weighted by Gasteiger charge is -1.92. The van der Waals surface area contributed by atoms with Crippen molar-refractivity contribution in [3.8, 4) is 6.07 Å². The minimum Gasteiger partial charge on any atom is -0.230 e. The maximum absolute atomic E-state index is 9.04. The van der Waals surface area contributed by atoms with E-state index in [1.807, 2.05) is 24.3 Å². The van der Waals surface area contributed by atoms with E-state index in [-0.39, 0.29) is 0 Å². The van der Waals surface area contributed by atoms with Crippen molar-refractivity contribution in [1.82, 2.24) is 25.6 Å². The Morgan fingerprint density at radius 1 is 1.42 bits per heavy atom. The molecular formula is C11H7N7S. The van der Waals surface area contributed by atoms with Crippen molar-refractivity contribution < 1.29 is 0 Å². The zero-order valence-electron chi connectivity index (χ0n) is 9.56. The van der Waals surface area contributed by atoms with E-state index >= 15 is 0 Å². The number of nitrogens with one attached hydrogen (secondary N) is 1. The Labute approximate surface area is 111 Å². The lowest BCUT2D eigenvalue weighted by molar-refractivity contribution is 0.881. The standard InChI is InChI=1S/C11H7N7S/c12-5-7(10-15-17-18-16-10)6-13-11-14-8-3-1-2-4-9(8)19-11/h1-4,6-7H,(H,15,16,17,18). The van der Waals surface area contributed by atoms with Gasteiger partial charge in [-0.15, -0.1) is 10.2 Å². The second kappa shape index (κ2) is 4.91. The second-order valence-corrected chi connectivity index (χ2v) is 4.63. The smallest absolute Gasteiger partial charge is 0.209 e. The van der Waals surface area contributed by atoms with Crippen molar-refractivity contribution in [3.63, 3.8) is 0 Å². The summed E-state index contributed by atoms with van der Waals surface area (Å²) in [6.07, 6.45) is 1.47. The molecule has 2 heterocycles. The van der Waals surface area contributed by atoms with E-state index in [0.717, 1.165) is 10.2 Å². The summed E-state index contributed by atoms with van der Waals surface area (Å²) >= 11 is 1.46. The number of H-pyrrole nitrogens is 1. The number of nitriles is 1. The molecule has 0 bridgehead atoms. The molecule has 0 spiro atoms. The van der Waals surface area contributed by atoms with Crippen molar-refractivity contribution in [3.05, 3.63) is 30.1 Å². The summed E-state index contributed by atoms with van der Waals surface area (Å²) in [6, 6.07) is 9.83. The molecule has 0 aliphatic rings. The normalized spacial score (nSPS) is 12.8. The molecule has 0 amide bonds. The van der Waals surface area contributed by atoms with Crippen LogP contribution in [0.25, 0.3) is 10.2 Å². The molecule has 0 saturated carbocycles. The fourth-order valence-electron chi connectivity index (χ4n) is 1.51. The van der Waals surface area contributed by atoms with Gasteiger partial charge in [-0.25, -0.2) is 9.98 Å². The van der Waals surface area contributed by atoms with E-state index in [0.29, 0.717) is 11.0 Å². The first-order valence-corrected chi connectivity index (χ1v) is 6.21. The first kappa shape index (κ1) is 11.4. The number of para-hydroxylation sites is 1. The van der Waals surface area contributed by atoms with Crippen LogP contribution in [-0.4, -0.2) is 31.8 Å². The van der Waals surface area contributed by atoms with Gasteiger partial charge in [-0.2, -0.15) is 10.5 Å². The number of rotatable bonds is 3. The Morgan fingerprint density at radius 3 is 3.05 bits per heavy atom. The number of thiazole rings is 1. The highest BCUT2D eigenvalue weighted by Gasteiger charge is 2.12. The number of aromatic nitrogens is 5. The van der Waals surface area contributed by atoms with Crippen LogP contribution in [0.5, 0.6) is 0 Å². The molecule has 0 fully saturated rings. The van der Waals surface area contributed by atoms with Crippen LogP contribution in [0.4, 0.5) is 5.13 Å². The maximum Gasteiger partial charge on any atom is 0.209 e. The number of fused-ring (bicyclic) bond motifs is 1. The lowest BCUT2D eigenvalue weighted by Crippen LogP contribution is -1.99. The second-order valence-electron chi connectivity index (χ2n) is 3.62. The van der Waals surface area contributed by atoms with Gasteiger partial charge in [0, 0.05) is 6.21 Å². The molecule has 1 aromatic carbocycles. The van der Waals surface area contributed by atoms with Crippen LogP contribution >= 0.6 is 11.3 Å². The third-order valence-electron chi connectivity index (χ3n) is 2.40. The number of tetrazole rings is 1. The van der Waals surface area contributed by atoms with Crippen LogP contribution in [0.2, 0.25) is 0 Å². The van der Waals surface area contributed by atoms with Gasteiger partial charge in [0.05, 0.1) is 16.3 Å². The fourth-order valence-corrected chi connectivity index (χ4v) is 2.33. The van der Waals surface area contributed by atoms with Crippen LogP contribution in [0.15, 0.2) is 29.3 Å². The number of benzene rings is 1. The molecule has 0 radical (unpaired) electrons. The average Bonchev–Trinajstić information content (AvgIpc) is 3.08. The van der Waals surface area contributed by atoms with Crippen LogP contribution in [-0.2, 0) is 0 Å². The van der Waals surface area contributed by atoms with Crippen molar-refractivity contribution in [2.45, 2.75) is 5.92 Å². The van der Waals surface area contributed by atoms with Crippen LogP contribution in [0, 0.1) is 11.3 Å². The summed E-state index contributed by atoms with van der Waals surface area (Å²) in [5, 5.41) is 22.9. The molecule has 0 aliphatic carbocycles. The quantitative estimate of drug-likeness (QED) is 0.730. The summed E-state index contributed by atoms with van der Waals surface area (Å²) in [7, 11) is 0. The summed E-state index contributed by atoms with van der Waals surface area (Å²) < 4.78 is 1.06. The van der Waals surface area contributed by atoms with Crippen molar-refractivity contribution in [1.29, 1.82) is 5.26 Å². The molecule has 0 aliphatic heterocycles. The molecule has 19 heavy (non-hydrogen) atoms. The number of hydrogen-bond acceptors (Lipinski definition) is 7. The first-order valence-electron chi connectivity index (χ1n) is 5.39. The highest BCUT2D eigenvalue weighted by Crippen LogP contribution is 2.27. The largest absolute Gasteiger partial charge is 0.230 e. The minimum absolute atomic E-state index is 0.298. The molecule has 2 aromatic heterocycles. The number of hydrogen-bond donors (Lipinski definition) is 1. The van der Waals surface area contributed by atoms with Gasteiger partial charge in [0.15, 0.2) is 5.82 Å². The summed E-state index contributed by atoms with van der Waals surface area (Å²) in [4.78, 5) is 8.56. The highest BCUT2D eigenvalue weighted by atomic mass is 32.1. The Balaban J connectivity index is 1.87. The molecule has 8 heteroatoms. The molecule has 3 rings (SSSR count). The van der Waals surface area contributed by atoms with Gasteiger partial charge in [-0.05, 0) is 12.1 Å². The zero-order chi connectivity index (χ0) is 13.1. The predicted molar refractivity (Wildman–Crippen MR) is 70.3 cm³/mol. The zero-order valence-corrected chi connectivity index (χ0v) is 10.4. The van der Waals surface area contributed by atoms with E-state index in [1.54, 1.807) is 0 Å². The van der Waals surface area contributed by atoms with Gasteiger partial charge < -0.3 is 0 Å². The van der Waals surface area contributed by atoms with Crippen molar-refractivity contribution >= 4 is 32.9 Å². The molecule has 0 saturated heterocycles. The fraction of sp³-hybridized carbons (Fsp3) is 0.0909. The summed E-state index contributed by atoms with van der Waals surface area (Å²) in [5.74, 6) is -0.335. The van der Waals surface area contributed by atoms with Gasteiger partial charge >= 0.3 is 0 Å². The van der Waals surface area contributed by atoms with Gasteiger partial charge in [0.25, 0.3) is 0 Å². The van der Waals surface area contributed by atoms with Crippen LogP contribution in [0.3, 0.4) is 0 Å². The predicted octanol–water partition coefficient (Wildman–Crippen LogP) is 1.82. The lowest BCUT2D eigenvalue weighted by atomic mass is 10.2.